The first kappa shape index (κ1) is 15.1. The summed E-state index contributed by atoms with van der Waals surface area (Å²) in [7, 11) is 0. The van der Waals surface area contributed by atoms with Gasteiger partial charge >= 0.3 is 0 Å². The molecule has 1 unspecified atom stereocenters. The van der Waals surface area contributed by atoms with Crippen LogP contribution >= 0.6 is 38.6 Å². The maximum atomic E-state index is 13.1. The average molecular weight is 405 g/mol. The number of hydrogen-bond acceptors (Lipinski definition) is 4. The van der Waals surface area contributed by atoms with Gasteiger partial charge in [0.25, 0.3) is 5.91 Å². The van der Waals surface area contributed by atoms with E-state index in [4.69, 9.17) is 0 Å². The Morgan fingerprint density at radius 3 is 2.96 bits per heavy atom. The fraction of sp³-hybridized carbons (Fsp3) is 0.176. The molecule has 23 heavy (non-hydrogen) atoms. The smallest absolute Gasteiger partial charge is 0.256 e. The molecule has 0 fully saturated rings. The molecule has 1 aliphatic rings. The number of fused-ring (bicyclic) bond motifs is 1. The van der Waals surface area contributed by atoms with E-state index >= 15 is 0 Å². The molecule has 1 aliphatic heterocycles. The molecular weight excluding hydrogens is 392 g/mol. The van der Waals surface area contributed by atoms with Gasteiger partial charge in [-0.3, -0.25) is 9.78 Å². The normalized spacial score (nSPS) is 17.1. The quantitative estimate of drug-likeness (QED) is 0.616. The number of nitrogens with zero attached hydrogens (tertiary/aromatic N) is 2. The Labute approximate surface area is 150 Å². The number of aromatic nitrogens is 1. The van der Waals surface area contributed by atoms with Crippen molar-refractivity contribution in [2.75, 3.05) is 6.54 Å². The fourth-order valence-corrected chi connectivity index (χ4v) is 5.11. The second-order valence-corrected chi connectivity index (χ2v) is 8.25. The molecule has 0 aliphatic carbocycles. The number of amides is 1. The number of carbonyl (C=O) groups excluding carboxylic acids is 1. The SMILES string of the molecule is O=C(c1cncc(Br)c1)N1CCc2sccc2C1c1cccs1. The number of thiophene rings is 2. The molecule has 0 radical (unpaired) electrons. The van der Waals surface area contributed by atoms with Crippen LogP contribution in [0.2, 0.25) is 0 Å². The molecule has 116 valence electrons. The molecule has 3 aromatic heterocycles. The van der Waals surface area contributed by atoms with Gasteiger partial charge in [0.1, 0.15) is 0 Å². The summed E-state index contributed by atoms with van der Waals surface area (Å²) in [5, 5.41) is 4.19. The van der Waals surface area contributed by atoms with Gasteiger partial charge in [-0.2, -0.15) is 0 Å². The zero-order valence-electron chi connectivity index (χ0n) is 12.1. The number of pyridine rings is 1. The molecular formula is C17H13BrN2OS2. The average Bonchev–Trinajstić information content (AvgIpc) is 3.24. The van der Waals surface area contributed by atoms with Gasteiger partial charge in [-0.15, -0.1) is 22.7 Å². The van der Waals surface area contributed by atoms with Gasteiger partial charge < -0.3 is 4.90 Å². The lowest BCUT2D eigenvalue weighted by Gasteiger charge is -2.35. The van der Waals surface area contributed by atoms with Crippen molar-refractivity contribution in [2.24, 2.45) is 0 Å². The van der Waals surface area contributed by atoms with Gasteiger partial charge in [-0.1, -0.05) is 6.07 Å². The third kappa shape index (κ3) is 2.75. The van der Waals surface area contributed by atoms with E-state index in [1.165, 1.54) is 15.3 Å². The third-order valence-electron chi connectivity index (χ3n) is 3.99. The minimum absolute atomic E-state index is 0.0106. The Morgan fingerprint density at radius 2 is 2.17 bits per heavy atom. The van der Waals surface area contributed by atoms with Crippen LogP contribution in [0.1, 0.15) is 31.7 Å². The van der Waals surface area contributed by atoms with Crippen LogP contribution in [-0.4, -0.2) is 22.3 Å². The lowest BCUT2D eigenvalue weighted by atomic mass is 9.97. The lowest BCUT2D eigenvalue weighted by Crippen LogP contribution is -2.39. The summed E-state index contributed by atoms with van der Waals surface area (Å²) in [6.45, 7) is 0.738. The molecule has 3 aromatic rings. The summed E-state index contributed by atoms with van der Waals surface area (Å²) in [5.41, 5.74) is 1.89. The molecule has 0 bridgehead atoms. The lowest BCUT2D eigenvalue weighted by molar-refractivity contribution is 0.0698. The highest BCUT2D eigenvalue weighted by Crippen LogP contribution is 2.40. The Morgan fingerprint density at radius 1 is 1.26 bits per heavy atom. The molecule has 1 atom stereocenters. The summed E-state index contributed by atoms with van der Waals surface area (Å²) < 4.78 is 0.823. The van der Waals surface area contributed by atoms with Crippen molar-refractivity contribution in [3.8, 4) is 0 Å². The summed E-state index contributed by atoms with van der Waals surface area (Å²) in [5.74, 6) is 0.0362. The third-order valence-corrected chi connectivity index (χ3v) is 6.35. The van der Waals surface area contributed by atoms with Crippen LogP contribution in [0.25, 0.3) is 0 Å². The van der Waals surface area contributed by atoms with Gasteiger partial charge in [-0.05, 0) is 56.9 Å². The molecule has 0 saturated carbocycles. The van der Waals surface area contributed by atoms with Gasteiger partial charge in [0, 0.05) is 33.2 Å². The van der Waals surface area contributed by atoms with Gasteiger partial charge in [0.15, 0.2) is 0 Å². The van der Waals surface area contributed by atoms with E-state index in [0.717, 1.165) is 17.4 Å². The van der Waals surface area contributed by atoms with Gasteiger partial charge in [0.05, 0.1) is 11.6 Å². The van der Waals surface area contributed by atoms with E-state index in [2.05, 4.69) is 43.8 Å². The second-order valence-electron chi connectivity index (χ2n) is 5.36. The van der Waals surface area contributed by atoms with Gasteiger partial charge in [-0.25, -0.2) is 0 Å². The maximum Gasteiger partial charge on any atom is 0.256 e. The predicted molar refractivity (Wildman–Crippen MR) is 97.2 cm³/mol. The van der Waals surface area contributed by atoms with E-state index in [1.807, 2.05) is 17.0 Å². The summed E-state index contributed by atoms with van der Waals surface area (Å²) in [6.07, 6.45) is 4.25. The molecule has 0 spiro atoms. The Kier molecular flexibility index (Phi) is 4.05. The molecule has 0 aromatic carbocycles. The van der Waals surface area contributed by atoms with Crippen LogP contribution in [0, 0.1) is 0 Å². The van der Waals surface area contributed by atoms with Crippen LogP contribution in [0.5, 0.6) is 0 Å². The Bertz CT molecular complexity index is 844. The van der Waals surface area contributed by atoms with E-state index in [9.17, 15) is 4.79 Å². The zero-order valence-corrected chi connectivity index (χ0v) is 15.3. The van der Waals surface area contributed by atoms with Crippen molar-refractivity contribution < 1.29 is 4.79 Å². The van der Waals surface area contributed by atoms with Crippen LogP contribution in [0.4, 0.5) is 0 Å². The van der Waals surface area contributed by atoms with Gasteiger partial charge in [0.2, 0.25) is 0 Å². The monoisotopic (exact) mass is 404 g/mol. The first-order valence-corrected chi connectivity index (χ1v) is 9.80. The minimum Gasteiger partial charge on any atom is -0.326 e. The summed E-state index contributed by atoms with van der Waals surface area (Å²) in [4.78, 5) is 21.8. The first-order valence-electron chi connectivity index (χ1n) is 7.25. The molecule has 1 amide bonds. The zero-order chi connectivity index (χ0) is 15.8. The van der Waals surface area contributed by atoms with Crippen molar-refractivity contribution in [3.05, 3.63) is 72.8 Å². The Balaban J connectivity index is 1.77. The fourth-order valence-electron chi connectivity index (χ4n) is 2.98. The second kappa shape index (κ2) is 6.19. The van der Waals surface area contributed by atoms with Crippen LogP contribution in [0.3, 0.4) is 0 Å². The van der Waals surface area contributed by atoms with E-state index in [-0.39, 0.29) is 11.9 Å². The van der Waals surface area contributed by atoms with Crippen molar-refractivity contribution in [2.45, 2.75) is 12.5 Å². The van der Waals surface area contributed by atoms with Crippen molar-refractivity contribution in [3.63, 3.8) is 0 Å². The summed E-state index contributed by atoms with van der Waals surface area (Å²) in [6, 6.07) is 8.16. The minimum atomic E-state index is 0.0106. The number of carbonyl (C=O) groups is 1. The van der Waals surface area contributed by atoms with Crippen LogP contribution in [0.15, 0.2) is 51.9 Å². The Hall–Kier alpha value is -1.50. The largest absolute Gasteiger partial charge is 0.326 e. The van der Waals surface area contributed by atoms with E-state index in [1.54, 1.807) is 35.1 Å². The topological polar surface area (TPSA) is 33.2 Å². The highest BCUT2D eigenvalue weighted by molar-refractivity contribution is 9.10. The maximum absolute atomic E-state index is 13.1. The van der Waals surface area contributed by atoms with Crippen molar-refractivity contribution in [1.29, 1.82) is 0 Å². The predicted octanol–water partition coefficient (Wildman–Crippen LogP) is 4.76. The molecule has 4 heterocycles. The highest BCUT2D eigenvalue weighted by Gasteiger charge is 2.33. The van der Waals surface area contributed by atoms with Crippen molar-refractivity contribution in [1.82, 2.24) is 9.88 Å². The van der Waals surface area contributed by atoms with Crippen molar-refractivity contribution >= 4 is 44.5 Å². The number of rotatable bonds is 2. The molecule has 0 N–H and O–H groups in total. The van der Waals surface area contributed by atoms with E-state index in [0.29, 0.717) is 5.56 Å². The van der Waals surface area contributed by atoms with Crippen LogP contribution < -0.4 is 0 Å². The number of hydrogen-bond donors (Lipinski definition) is 0. The van der Waals surface area contributed by atoms with Crippen LogP contribution in [-0.2, 0) is 6.42 Å². The molecule has 0 saturated heterocycles. The van der Waals surface area contributed by atoms with E-state index < -0.39 is 0 Å². The number of halogens is 1. The summed E-state index contributed by atoms with van der Waals surface area (Å²) >= 11 is 6.89. The first-order chi connectivity index (χ1) is 11.2. The molecule has 4 rings (SSSR count). The standard InChI is InChI=1S/C17H13BrN2OS2/c18-12-8-11(9-19-10-12)17(21)20-5-3-14-13(4-7-23-14)16(20)15-2-1-6-22-15/h1-2,4,6-10,16H,3,5H2. The highest BCUT2D eigenvalue weighted by atomic mass is 79.9. The molecule has 3 nitrogen and oxygen atoms in total. The molecule has 6 heteroatoms.